The Balaban J connectivity index is 1.87. The van der Waals surface area contributed by atoms with Crippen LogP contribution in [0.2, 0.25) is 0 Å². The topological polar surface area (TPSA) is 48.0 Å². The largest absolute Gasteiger partial charge is 0.497 e. The van der Waals surface area contributed by atoms with Gasteiger partial charge >= 0.3 is 0 Å². The van der Waals surface area contributed by atoms with Crippen LogP contribution in [0.25, 0.3) is 0 Å². The summed E-state index contributed by atoms with van der Waals surface area (Å²) < 4.78 is 16.7. The summed E-state index contributed by atoms with van der Waals surface area (Å²) in [6.45, 7) is 3.04. The fourth-order valence-electron chi connectivity index (χ4n) is 2.82. The predicted octanol–water partition coefficient (Wildman–Crippen LogP) is 3.15. The van der Waals surface area contributed by atoms with Gasteiger partial charge in [-0.25, -0.2) is 0 Å². The van der Waals surface area contributed by atoms with E-state index < -0.39 is 6.23 Å². The molecule has 1 amide bonds. The molecule has 5 nitrogen and oxygen atoms in total. The van der Waals surface area contributed by atoms with E-state index >= 15 is 0 Å². The number of methoxy groups -OCH3 is 1. The number of para-hydroxylation sites is 1. The molecule has 24 heavy (non-hydrogen) atoms. The van der Waals surface area contributed by atoms with Gasteiger partial charge in [0, 0.05) is 12.1 Å². The SMILES string of the molecule is CCOc1ccccc1C1OCC(=O)N1Cc1cccc(OC)c1. The van der Waals surface area contributed by atoms with Crippen LogP contribution in [-0.2, 0) is 16.1 Å². The summed E-state index contributed by atoms with van der Waals surface area (Å²) in [5.41, 5.74) is 1.86. The van der Waals surface area contributed by atoms with Gasteiger partial charge in [-0.05, 0) is 30.7 Å². The number of ether oxygens (including phenoxy) is 3. The average molecular weight is 327 g/mol. The third-order valence-corrected chi connectivity index (χ3v) is 3.94. The second-order valence-corrected chi connectivity index (χ2v) is 5.51. The van der Waals surface area contributed by atoms with E-state index in [1.165, 1.54) is 0 Å². The highest BCUT2D eigenvalue weighted by Crippen LogP contribution is 2.35. The number of carbonyl (C=O) groups excluding carboxylic acids is 1. The zero-order valence-electron chi connectivity index (χ0n) is 13.9. The number of hydrogen-bond donors (Lipinski definition) is 0. The van der Waals surface area contributed by atoms with Crippen molar-refractivity contribution in [1.29, 1.82) is 0 Å². The molecule has 1 aliphatic heterocycles. The fourth-order valence-corrected chi connectivity index (χ4v) is 2.82. The third kappa shape index (κ3) is 3.36. The number of rotatable bonds is 6. The quantitative estimate of drug-likeness (QED) is 0.818. The van der Waals surface area contributed by atoms with E-state index in [2.05, 4.69) is 0 Å². The van der Waals surface area contributed by atoms with Crippen molar-refractivity contribution in [2.75, 3.05) is 20.3 Å². The van der Waals surface area contributed by atoms with Gasteiger partial charge in [-0.15, -0.1) is 0 Å². The van der Waals surface area contributed by atoms with Crippen LogP contribution >= 0.6 is 0 Å². The van der Waals surface area contributed by atoms with Crippen LogP contribution in [0.15, 0.2) is 48.5 Å². The first kappa shape index (κ1) is 16.3. The summed E-state index contributed by atoms with van der Waals surface area (Å²) in [6.07, 6.45) is -0.438. The van der Waals surface area contributed by atoms with Crippen molar-refractivity contribution in [1.82, 2.24) is 4.90 Å². The normalized spacial score (nSPS) is 17.2. The van der Waals surface area contributed by atoms with Crippen molar-refractivity contribution in [2.45, 2.75) is 19.7 Å². The molecule has 1 saturated heterocycles. The van der Waals surface area contributed by atoms with E-state index in [0.29, 0.717) is 13.2 Å². The van der Waals surface area contributed by atoms with Gasteiger partial charge in [0.25, 0.3) is 5.91 Å². The molecule has 126 valence electrons. The number of hydrogen-bond acceptors (Lipinski definition) is 4. The first-order chi connectivity index (χ1) is 11.7. The van der Waals surface area contributed by atoms with Gasteiger partial charge in [-0.3, -0.25) is 4.79 Å². The maximum Gasteiger partial charge on any atom is 0.251 e. The Hall–Kier alpha value is -2.53. The standard InChI is InChI=1S/C19H21NO4/c1-3-23-17-10-5-4-9-16(17)19-20(18(21)13-24-19)12-14-7-6-8-15(11-14)22-2/h4-11,19H,3,12-13H2,1-2H3. The highest BCUT2D eigenvalue weighted by Gasteiger charge is 2.34. The van der Waals surface area contributed by atoms with Gasteiger partial charge in [-0.2, -0.15) is 0 Å². The van der Waals surface area contributed by atoms with E-state index in [0.717, 1.165) is 22.6 Å². The minimum Gasteiger partial charge on any atom is -0.497 e. The van der Waals surface area contributed by atoms with Gasteiger partial charge in [0.2, 0.25) is 0 Å². The van der Waals surface area contributed by atoms with Crippen LogP contribution < -0.4 is 9.47 Å². The lowest BCUT2D eigenvalue weighted by Crippen LogP contribution is -2.28. The zero-order valence-corrected chi connectivity index (χ0v) is 13.9. The lowest BCUT2D eigenvalue weighted by Gasteiger charge is -2.25. The van der Waals surface area contributed by atoms with E-state index in [-0.39, 0.29) is 12.5 Å². The summed E-state index contributed by atoms with van der Waals surface area (Å²) in [5, 5.41) is 0. The Morgan fingerprint density at radius 1 is 1.21 bits per heavy atom. The molecule has 0 saturated carbocycles. The number of nitrogens with zero attached hydrogens (tertiary/aromatic N) is 1. The molecule has 1 unspecified atom stereocenters. The summed E-state index contributed by atoms with van der Waals surface area (Å²) in [6, 6.07) is 15.4. The van der Waals surface area contributed by atoms with Crippen molar-refractivity contribution < 1.29 is 19.0 Å². The minimum absolute atomic E-state index is 0.0332. The molecule has 1 heterocycles. The van der Waals surface area contributed by atoms with Crippen molar-refractivity contribution in [3.8, 4) is 11.5 Å². The minimum atomic E-state index is -0.438. The van der Waals surface area contributed by atoms with Gasteiger partial charge < -0.3 is 19.1 Å². The van der Waals surface area contributed by atoms with E-state index in [9.17, 15) is 4.79 Å². The van der Waals surface area contributed by atoms with Crippen molar-refractivity contribution in [3.05, 3.63) is 59.7 Å². The Morgan fingerprint density at radius 2 is 2.04 bits per heavy atom. The molecule has 5 heteroatoms. The first-order valence-electron chi connectivity index (χ1n) is 7.98. The van der Waals surface area contributed by atoms with Crippen LogP contribution in [0.1, 0.15) is 24.3 Å². The molecule has 0 bridgehead atoms. The summed E-state index contributed by atoms with van der Waals surface area (Å²) in [5.74, 6) is 1.48. The molecular weight excluding hydrogens is 306 g/mol. The molecule has 0 spiro atoms. The number of benzene rings is 2. The summed E-state index contributed by atoms with van der Waals surface area (Å²) in [4.78, 5) is 14.0. The molecule has 1 fully saturated rings. The van der Waals surface area contributed by atoms with E-state index in [4.69, 9.17) is 14.2 Å². The molecule has 2 aromatic carbocycles. The van der Waals surface area contributed by atoms with Gasteiger partial charge in [0.15, 0.2) is 6.23 Å². The summed E-state index contributed by atoms with van der Waals surface area (Å²) >= 11 is 0. The van der Waals surface area contributed by atoms with Crippen molar-refractivity contribution in [3.63, 3.8) is 0 Å². The number of carbonyl (C=O) groups is 1. The Kier molecular flexibility index (Phi) is 5.01. The van der Waals surface area contributed by atoms with Gasteiger partial charge in [-0.1, -0.05) is 30.3 Å². The second kappa shape index (κ2) is 7.36. The molecule has 0 aromatic heterocycles. The molecule has 0 N–H and O–H groups in total. The molecule has 0 aliphatic carbocycles. The van der Waals surface area contributed by atoms with Crippen LogP contribution in [0.3, 0.4) is 0 Å². The Morgan fingerprint density at radius 3 is 2.83 bits per heavy atom. The Bertz CT molecular complexity index is 716. The van der Waals surface area contributed by atoms with Crippen molar-refractivity contribution in [2.24, 2.45) is 0 Å². The van der Waals surface area contributed by atoms with Gasteiger partial charge in [0.1, 0.15) is 18.1 Å². The number of amides is 1. The van der Waals surface area contributed by atoms with Crippen LogP contribution in [0, 0.1) is 0 Å². The lowest BCUT2D eigenvalue weighted by molar-refractivity contribution is -0.128. The van der Waals surface area contributed by atoms with Crippen LogP contribution in [-0.4, -0.2) is 31.1 Å². The third-order valence-electron chi connectivity index (χ3n) is 3.94. The fraction of sp³-hybridized carbons (Fsp3) is 0.316. The molecule has 1 aliphatic rings. The van der Waals surface area contributed by atoms with E-state index in [1.807, 2.05) is 55.5 Å². The molecule has 1 atom stereocenters. The maximum atomic E-state index is 12.3. The summed E-state index contributed by atoms with van der Waals surface area (Å²) in [7, 11) is 1.63. The molecule has 3 rings (SSSR count). The predicted molar refractivity (Wildman–Crippen MR) is 89.8 cm³/mol. The Labute approximate surface area is 141 Å². The monoisotopic (exact) mass is 327 g/mol. The molecular formula is C19H21NO4. The highest BCUT2D eigenvalue weighted by molar-refractivity contribution is 5.79. The zero-order chi connectivity index (χ0) is 16.9. The average Bonchev–Trinajstić information content (AvgIpc) is 2.96. The first-order valence-corrected chi connectivity index (χ1v) is 7.98. The smallest absolute Gasteiger partial charge is 0.251 e. The van der Waals surface area contributed by atoms with Crippen LogP contribution in [0.5, 0.6) is 11.5 Å². The molecule has 0 radical (unpaired) electrons. The molecule has 2 aromatic rings. The van der Waals surface area contributed by atoms with Gasteiger partial charge in [0.05, 0.1) is 13.7 Å². The highest BCUT2D eigenvalue weighted by atomic mass is 16.5. The second-order valence-electron chi connectivity index (χ2n) is 5.51. The van der Waals surface area contributed by atoms with Crippen LogP contribution in [0.4, 0.5) is 0 Å². The lowest BCUT2D eigenvalue weighted by atomic mass is 10.1. The van der Waals surface area contributed by atoms with E-state index in [1.54, 1.807) is 12.0 Å². The van der Waals surface area contributed by atoms with Crippen molar-refractivity contribution >= 4 is 5.91 Å². The maximum absolute atomic E-state index is 12.3.